The number of rotatable bonds is 3. The highest BCUT2D eigenvalue weighted by molar-refractivity contribution is 5.41. The van der Waals surface area contributed by atoms with Crippen LogP contribution in [0.3, 0.4) is 0 Å². The molecule has 3 heteroatoms. The van der Waals surface area contributed by atoms with Crippen LogP contribution in [-0.4, -0.2) is 31.1 Å². The lowest BCUT2D eigenvalue weighted by Gasteiger charge is -2.40. The molecule has 1 aromatic rings. The fraction of sp³-hybridized carbons (Fsp3) is 0.647. The minimum atomic E-state index is 0.357. The van der Waals surface area contributed by atoms with E-state index in [2.05, 4.69) is 36.9 Å². The maximum atomic E-state index is 6.09. The number of nitrogens with zero attached hydrogens (tertiary/aromatic N) is 1. The van der Waals surface area contributed by atoms with Crippen molar-refractivity contribution >= 4 is 0 Å². The number of hydrogen-bond donors (Lipinski definition) is 1. The van der Waals surface area contributed by atoms with E-state index in [9.17, 15) is 0 Å². The molecule has 2 aliphatic heterocycles. The smallest absolute Gasteiger partial charge is 0.122 e. The van der Waals surface area contributed by atoms with E-state index in [1.165, 1.54) is 24.1 Å². The highest BCUT2D eigenvalue weighted by atomic mass is 16.5. The SMILES string of the molecule is CC1CCN(C(CN)c2ccc3c(c2)CCO3)CC1C. The van der Waals surface area contributed by atoms with Crippen molar-refractivity contribution in [2.45, 2.75) is 32.7 Å². The summed E-state index contributed by atoms with van der Waals surface area (Å²) in [7, 11) is 0. The molecular weight excluding hydrogens is 248 g/mol. The minimum absolute atomic E-state index is 0.357. The van der Waals surface area contributed by atoms with Crippen molar-refractivity contribution in [1.29, 1.82) is 0 Å². The van der Waals surface area contributed by atoms with E-state index in [4.69, 9.17) is 10.5 Å². The van der Waals surface area contributed by atoms with Crippen LogP contribution in [0.4, 0.5) is 0 Å². The van der Waals surface area contributed by atoms with Gasteiger partial charge in [0.25, 0.3) is 0 Å². The summed E-state index contributed by atoms with van der Waals surface area (Å²) in [5.41, 5.74) is 8.79. The summed E-state index contributed by atoms with van der Waals surface area (Å²) < 4.78 is 5.60. The van der Waals surface area contributed by atoms with Gasteiger partial charge in [-0.2, -0.15) is 0 Å². The number of benzene rings is 1. The van der Waals surface area contributed by atoms with E-state index >= 15 is 0 Å². The first-order chi connectivity index (χ1) is 9.69. The maximum Gasteiger partial charge on any atom is 0.122 e. The average Bonchev–Trinajstić information content (AvgIpc) is 2.91. The maximum absolute atomic E-state index is 6.09. The summed E-state index contributed by atoms with van der Waals surface area (Å²) in [5.74, 6) is 2.65. The van der Waals surface area contributed by atoms with Crippen LogP contribution < -0.4 is 10.5 Å². The van der Waals surface area contributed by atoms with Crippen LogP contribution in [-0.2, 0) is 6.42 Å². The second kappa shape index (κ2) is 5.74. The Bertz CT molecular complexity index is 474. The second-order valence-corrected chi connectivity index (χ2v) is 6.46. The Labute approximate surface area is 122 Å². The first-order valence-electron chi connectivity index (χ1n) is 7.88. The molecule has 0 aliphatic carbocycles. The molecule has 0 spiro atoms. The first kappa shape index (κ1) is 13.9. The van der Waals surface area contributed by atoms with Crippen molar-refractivity contribution in [3.63, 3.8) is 0 Å². The zero-order valence-electron chi connectivity index (χ0n) is 12.6. The summed E-state index contributed by atoms with van der Waals surface area (Å²) in [6.07, 6.45) is 2.32. The zero-order valence-corrected chi connectivity index (χ0v) is 12.6. The third-order valence-electron chi connectivity index (χ3n) is 5.13. The molecule has 2 N–H and O–H groups in total. The van der Waals surface area contributed by atoms with Crippen molar-refractivity contribution in [2.75, 3.05) is 26.2 Å². The van der Waals surface area contributed by atoms with Gasteiger partial charge in [0.1, 0.15) is 5.75 Å². The number of piperidine rings is 1. The molecular formula is C17H26N2O. The fourth-order valence-corrected chi connectivity index (χ4v) is 3.49. The van der Waals surface area contributed by atoms with Gasteiger partial charge in [-0.1, -0.05) is 26.0 Å². The van der Waals surface area contributed by atoms with Crippen LogP contribution in [0.2, 0.25) is 0 Å². The summed E-state index contributed by atoms with van der Waals surface area (Å²) in [5, 5.41) is 0. The van der Waals surface area contributed by atoms with Gasteiger partial charge >= 0.3 is 0 Å². The summed E-state index contributed by atoms with van der Waals surface area (Å²) in [4.78, 5) is 2.57. The van der Waals surface area contributed by atoms with Gasteiger partial charge < -0.3 is 10.5 Å². The molecule has 2 aliphatic rings. The molecule has 20 heavy (non-hydrogen) atoms. The Kier molecular flexibility index (Phi) is 3.99. The van der Waals surface area contributed by atoms with Gasteiger partial charge in [0.2, 0.25) is 0 Å². The molecule has 0 amide bonds. The Morgan fingerprint density at radius 3 is 2.95 bits per heavy atom. The molecule has 0 saturated carbocycles. The Morgan fingerprint density at radius 1 is 1.35 bits per heavy atom. The van der Waals surface area contributed by atoms with Gasteiger partial charge in [-0.15, -0.1) is 0 Å². The molecule has 3 rings (SSSR count). The molecule has 110 valence electrons. The third-order valence-corrected chi connectivity index (χ3v) is 5.13. The molecule has 3 nitrogen and oxygen atoms in total. The molecule has 3 unspecified atom stereocenters. The van der Waals surface area contributed by atoms with E-state index in [0.717, 1.165) is 37.2 Å². The fourth-order valence-electron chi connectivity index (χ4n) is 3.49. The van der Waals surface area contributed by atoms with E-state index in [1.807, 2.05) is 0 Å². The van der Waals surface area contributed by atoms with E-state index < -0.39 is 0 Å². The summed E-state index contributed by atoms with van der Waals surface area (Å²) in [6, 6.07) is 6.99. The lowest BCUT2D eigenvalue weighted by atomic mass is 9.87. The van der Waals surface area contributed by atoms with Gasteiger partial charge in [-0.25, -0.2) is 0 Å². The third kappa shape index (κ3) is 2.57. The predicted molar refractivity (Wildman–Crippen MR) is 82.0 cm³/mol. The molecule has 0 aromatic heterocycles. The van der Waals surface area contributed by atoms with Crippen LogP contribution in [0.5, 0.6) is 5.75 Å². The number of hydrogen-bond acceptors (Lipinski definition) is 3. The molecule has 1 saturated heterocycles. The zero-order chi connectivity index (χ0) is 14.1. The Balaban J connectivity index is 1.79. The van der Waals surface area contributed by atoms with Crippen LogP contribution in [0, 0.1) is 11.8 Å². The van der Waals surface area contributed by atoms with Crippen LogP contribution in [0.25, 0.3) is 0 Å². The lowest BCUT2D eigenvalue weighted by Crippen LogP contribution is -2.43. The Morgan fingerprint density at radius 2 is 2.20 bits per heavy atom. The number of fused-ring (bicyclic) bond motifs is 1. The highest BCUT2D eigenvalue weighted by Crippen LogP contribution is 2.33. The Hall–Kier alpha value is -1.06. The largest absolute Gasteiger partial charge is 0.493 e. The predicted octanol–water partition coefficient (Wildman–Crippen LogP) is 2.60. The van der Waals surface area contributed by atoms with Crippen molar-refractivity contribution in [3.8, 4) is 5.75 Å². The van der Waals surface area contributed by atoms with Crippen LogP contribution >= 0.6 is 0 Å². The monoisotopic (exact) mass is 274 g/mol. The van der Waals surface area contributed by atoms with Crippen molar-refractivity contribution in [1.82, 2.24) is 4.90 Å². The van der Waals surface area contributed by atoms with Gasteiger partial charge in [0.05, 0.1) is 6.61 Å². The number of nitrogens with two attached hydrogens (primary N) is 1. The first-order valence-corrected chi connectivity index (χ1v) is 7.88. The van der Waals surface area contributed by atoms with Gasteiger partial charge in [0, 0.05) is 25.6 Å². The number of likely N-dealkylation sites (tertiary alicyclic amines) is 1. The van der Waals surface area contributed by atoms with Crippen molar-refractivity contribution in [3.05, 3.63) is 29.3 Å². The van der Waals surface area contributed by atoms with E-state index in [0.29, 0.717) is 12.6 Å². The number of ether oxygens (including phenoxy) is 1. The molecule has 1 fully saturated rings. The normalized spacial score (nSPS) is 27.9. The second-order valence-electron chi connectivity index (χ2n) is 6.46. The van der Waals surface area contributed by atoms with Crippen molar-refractivity contribution in [2.24, 2.45) is 17.6 Å². The summed E-state index contributed by atoms with van der Waals surface area (Å²) in [6.45, 7) is 8.58. The minimum Gasteiger partial charge on any atom is -0.493 e. The van der Waals surface area contributed by atoms with Crippen LogP contribution in [0.1, 0.15) is 37.4 Å². The molecule has 0 radical (unpaired) electrons. The summed E-state index contributed by atoms with van der Waals surface area (Å²) >= 11 is 0. The average molecular weight is 274 g/mol. The lowest BCUT2D eigenvalue weighted by molar-refractivity contribution is 0.0983. The quantitative estimate of drug-likeness (QED) is 0.921. The molecule has 0 bridgehead atoms. The standard InChI is InChI=1S/C17H26N2O/c1-12-5-7-19(11-13(12)2)16(10-18)14-3-4-17-15(9-14)6-8-20-17/h3-4,9,12-13,16H,5-8,10-11,18H2,1-2H3. The van der Waals surface area contributed by atoms with Gasteiger partial charge in [-0.05, 0) is 42.0 Å². The van der Waals surface area contributed by atoms with Gasteiger partial charge in [-0.3, -0.25) is 4.90 Å². The van der Waals surface area contributed by atoms with E-state index in [1.54, 1.807) is 0 Å². The highest BCUT2D eigenvalue weighted by Gasteiger charge is 2.28. The van der Waals surface area contributed by atoms with E-state index in [-0.39, 0.29) is 0 Å². The van der Waals surface area contributed by atoms with Gasteiger partial charge in [0.15, 0.2) is 0 Å². The molecule has 1 aromatic carbocycles. The topological polar surface area (TPSA) is 38.5 Å². The van der Waals surface area contributed by atoms with Crippen molar-refractivity contribution < 1.29 is 4.74 Å². The van der Waals surface area contributed by atoms with Crippen LogP contribution in [0.15, 0.2) is 18.2 Å². The molecule has 3 atom stereocenters. The molecule has 2 heterocycles.